The molecule has 0 fully saturated rings. The van der Waals surface area contributed by atoms with Crippen molar-refractivity contribution in [2.45, 2.75) is 52.7 Å². The first-order valence-corrected chi connectivity index (χ1v) is 9.88. The van der Waals surface area contributed by atoms with Gasteiger partial charge in [0.1, 0.15) is 5.75 Å². The number of amides is 1. The molecule has 6 heteroatoms. The highest BCUT2D eigenvalue weighted by molar-refractivity contribution is 6.06. The number of carbonyl (C=O) groups is 2. The number of fused-ring (bicyclic) bond motifs is 1. The second-order valence-electron chi connectivity index (χ2n) is 8.68. The molecule has 0 bridgehead atoms. The van der Waals surface area contributed by atoms with Crippen molar-refractivity contribution in [2.24, 2.45) is 0 Å². The average Bonchev–Trinajstić information content (AvgIpc) is 2.60. The van der Waals surface area contributed by atoms with Gasteiger partial charge in [-0.25, -0.2) is 0 Å². The zero-order valence-electron chi connectivity index (χ0n) is 18.0. The summed E-state index contributed by atoms with van der Waals surface area (Å²) in [5.74, 6) is 0.0644. The molecule has 2 aromatic rings. The van der Waals surface area contributed by atoms with E-state index in [1.807, 2.05) is 19.9 Å². The predicted octanol–water partition coefficient (Wildman–Crippen LogP) is 4.05. The lowest BCUT2D eigenvalue weighted by atomic mass is 9.82. The van der Waals surface area contributed by atoms with Crippen LogP contribution >= 0.6 is 0 Å². The number of nitrogens with one attached hydrogen (secondary N) is 1. The molecule has 0 saturated heterocycles. The van der Waals surface area contributed by atoms with E-state index in [1.165, 1.54) is 6.92 Å². The Labute approximate surface area is 172 Å². The van der Waals surface area contributed by atoms with Gasteiger partial charge in [-0.1, -0.05) is 13.8 Å². The summed E-state index contributed by atoms with van der Waals surface area (Å²) >= 11 is 0. The summed E-state index contributed by atoms with van der Waals surface area (Å²) < 4.78 is 5.68. The Bertz CT molecular complexity index is 950. The van der Waals surface area contributed by atoms with Gasteiger partial charge in [0.25, 0.3) is 5.91 Å². The van der Waals surface area contributed by atoms with E-state index >= 15 is 0 Å². The number of ether oxygens (including phenoxy) is 1. The summed E-state index contributed by atoms with van der Waals surface area (Å²) in [6, 6.07) is 6.91. The summed E-state index contributed by atoms with van der Waals surface area (Å²) in [5, 5.41) is 2.90. The smallest absolute Gasteiger partial charge is 0.255 e. The number of likely N-dealkylation sites (N-methyl/N-ethyl adjacent to an activating group) is 1. The first-order valence-electron chi connectivity index (χ1n) is 9.88. The van der Waals surface area contributed by atoms with Crippen molar-refractivity contribution in [3.05, 3.63) is 52.8 Å². The Kier molecular flexibility index (Phi) is 5.75. The lowest BCUT2D eigenvalue weighted by Gasteiger charge is -2.37. The third-order valence-electron chi connectivity index (χ3n) is 4.95. The van der Waals surface area contributed by atoms with E-state index in [0.717, 1.165) is 24.3 Å². The van der Waals surface area contributed by atoms with E-state index in [2.05, 4.69) is 36.1 Å². The fraction of sp³-hybridized carbons (Fsp3) is 0.435. The zero-order chi connectivity index (χ0) is 21.3. The molecule has 1 N–H and O–H groups in total. The molecule has 1 aromatic carbocycles. The van der Waals surface area contributed by atoms with E-state index in [4.69, 9.17) is 4.74 Å². The van der Waals surface area contributed by atoms with Gasteiger partial charge in [-0.2, -0.15) is 0 Å². The Balaban J connectivity index is 1.85. The van der Waals surface area contributed by atoms with Crippen molar-refractivity contribution in [3.63, 3.8) is 0 Å². The van der Waals surface area contributed by atoms with Crippen LogP contribution in [0.25, 0.3) is 0 Å². The number of hydrogen-bond acceptors (Lipinski definition) is 5. The number of nitrogens with zero attached hydrogens (tertiary/aromatic N) is 2. The van der Waals surface area contributed by atoms with Crippen molar-refractivity contribution < 1.29 is 14.3 Å². The molecule has 0 spiro atoms. The molecule has 0 atom stereocenters. The third-order valence-corrected chi connectivity index (χ3v) is 4.95. The first kappa shape index (κ1) is 21.0. The van der Waals surface area contributed by atoms with Gasteiger partial charge >= 0.3 is 0 Å². The largest absolute Gasteiger partial charge is 0.490 e. The maximum atomic E-state index is 12.8. The van der Waals surface area contributed by atoms with E-state index in [1.54, 1.807) is 24.4 Å². The van der Waals surface area contributed by atoms with E-state index in [0.29, 0.717) is 22.6 Å². The van der Waals surface area contributed by atoms with Crippen molar-refractivity contribution in [1.29, 1.82) is 0 Å². The van der Waals surface area contributed by atoms with Crippen molar-refractivity contribution in [2.75, 3.05) is 18.9 Å². The highest BCUT2D eigenvalue weighted by atomic mass is 16.5. The van der Waals surface area contributed by atoms with E-state index < -0.39 is 0 Å². The van der Waals surface area contributed by atoms with E-state index in [-0.39, 0.29) is 23.2 Å². The van der Waals surface area contributed by atoms with Crippen LogP contribution in [-0.4, -0.2) is 41.3 Å². The number of anilines is 1. The molecule has 2 heterocycles. The van der Waals surface area contributed by atoms with Crippen LogP contribution in [0.2, 0.25) is 0 Å². The standard InChI is InChI=1S/C23H29N3O3/c1-14(2)29-20-8-7-16(10-19(20)15(3)27)22(28)25-18-9-17-12-26(6)13-23(4,5)21(17)24-11-18/h7-11,14H,12-13H2,1-6H3,(H,25,28). The Morgan fingerprint density at radius 1 is 1.24 bits per heavy atom. The van der Waals surface area contributed by atoms with Gasteiger partial charge in [0.05, 0.1) is 29.2 Å². The molecule has 1 aliphatic heterocycles. The highest BCUT2D eigenvalue weighted by Crippen LogP contribution is 2.32. The van der Waals surface area contributed by atoms with Gasteiger partial charge < -0.3 is 15.0 Å². The second-order valence-corrected chi connectivity index (χ2v) is 8.68. The molecule has 29 heavy (non-hydrogen) atoms. The van der Waals surface area contributed by atoms with Crippen LogP contribution in [0.3, 0.4) is 0 Å². The molecule has 1 aromatic heterocycles. The number of Topliss-reactive ketones (excluding diaryl/α,β-unsaturated/α-hetero) is 1. The number of carbonyl (C=O) groups excluding carboxylic acids is 2. The van der Waals surface area contributed by atoms with Crippen LogP contribution < -0.4 is 10.1 Å². The van der Waals surface area contributed by atoms with Gasteiger partial charge in [-0.15, -0.1) is 0 Å². The second kappa shape index (κ2) is 7.95. The highest BCUT2D eigenvalue weighted by Gasteiger charge is 2.31. The molecule has 6 nitrogen and oxygen atoms in total. The number of ketones is 1. The fourth-order valence-corrected chi connectivity index (χ4v) is 3.91. The fourth-order valence-electron chi connectivity index (χ4n) is 3.91. The number of hydrogen-bond donors (Lipinski definition) is 1. The van der Waals surface area contributed by atoms with Crippen molar-refractivity contribution >= 4 is 17.4 Å². The SMILES string of the molecule is CC(=O)c1cc(C(=O)Nc2cnc3c(c2)CN(C)CC3(C)C)ccc1OC(C)C. The molecule has 154 valence electrons. The van der Waals surface area contributed by atoms with Gasteiger partial charge in [0, 0.05) is 24.1 Å². The van der Waals surface area contributed by atoms with Crippen LogP contribution in [0, 0.1) is 0 Å². The molecule has 3 rings (SSSR count). The van der Waals surface area contributed by atoms with Crippen LogP contribution in [0.4, 0.5) is 5.69 Å². The lowest BCUT2D eigenvalue weighted by molar-refractivity contribution is 0.101. The molecular weight excluding hydrogens is 366 g/mol. The molecular formula is C23H29N3O3. The van der Waals surface area contributed by atoms with Crippen LogP contribution in [-0.2, 0) is 12.0 Å². The third kappa shape index (κ3) is 4.65. The summed E-state index contributed by atoms with van der Waals surface area (Å²) in [5.41, 5.74) is 3.61. The lowest BCUT2D eigenvalue weighted by Crippen LogP contribution is -2.40. The Hall–Kier alpha value is -2.73. The number of aromatic nitrogens is 1. The molecule has 1 amide bonds. The Morgan fingerprint density at radius 2 is 1.97 bits per heavy atom. The van der Waals surface area contributed by atoms with Gasteiger partial charge in [-0.3, -0.25) is 14.6 Å². The Morgan fingerprint density at radius 3 is 2.62 bits per heavy atom. The maximum absolute atomic E-state index is 12.8. The van der Waals surface area contributed by atoms with Gasteiger partial charge in [0.15, 0.2) is 5.78 Å². The molecule has 1 aliphatic rings. The summed E-state index contributed by atoms with van der Waals surface area (Å²) in [7, 11) is 2.08. The normalized spacial score (nSPS) is 15.7. The zero-order valence-corrected chi connectivity index (χ0v) is 18.0. The van der Waals surface area contributed by atoms with Crippen LogP contribution in [0.5, 0.6) is 5.75 Å². The summed E-state index contributed by atoms with van der Waals surface area (Å²) in [6.45, 7) is 11.4. The minimum absolute atomic E-state index is 0.0342. The minimum Gasteiger partial charge on any atom is -0.490 e. The van der Waals surface area contributed by atoms with Crippen molar-refractivity contribution in [3.8, 4) is 5.75 Å². The molecule has 0 saturated carbocycles. The van der Waals surface area contributed by atoms with Gasteiger partial charge in [0.2, 0.25) is 0 Å². The summed E-state index contributed by atoms with van der Waals surface area (Å²) in [4.78, 5) is 31.7. The van der Waals surface area contributed by atoms with Gasteiger partial charge in [-0.05, 0) is 57.6 Å². The van der Waals surface area contributed by atoms with E-state index in [9.17, 15) is 9.59 Å². The average molecular weight is 396 g/mol. The topological polar surface area (TPSA) is 71.5 Å². The van der Waals surface area contributed by atoms with Crippen molar-refractivity contribution in [1.82, 2.24) is 9.88 Å². The molecule has 0 unspecified atom stereocenters. The minimum atomic E-state index is -0.284. The number of benzene rings is 1. The first-order chi connectivity index (χ1) is 13.6. The maximum Gasteiger partial charge on any atom is 0.255 e. The quantitative estimate of drug-likeness (QED) is 0.774. The van der Waals surface area contributed by atoms with Crippen LogP contribution in [0.15, 0.2) is 30.5 Å². The molecule has 0 radical (unpaired) electrons. The molecule has 0 aliphatic carbocycles. The number of rotatable bonds is 5. The summed E-state index contributed by atoms with van der Waals surface area (Å²) in [6.07, 6.45) is 1.64. The monoisotopic (exact) mass is 395 g/mol. The van der Waals surface area contributed by atoms with Crippen LogP contribution in [0.1, 0.15) is 66.6 Å². The number of pyridine rings is 1. The predicted molar refractivity (Wildman–Crippen MR) is 114 cm³/mol.